The van der Waals surface area contributed by atoms with Gasteiger partial charge in [0.2, 0.25) is 70.9 Å². The molecule has 1 aromatic carbocycles. The van der Waals surface area contributed by atoms with Gasteiger partial charge in [0.1, 0.15) is 42.3 Å². The third-order valence-corrected chi connectivity index (χ3v) is 19.7. The molecule has 0 radical (unpaired) electrons. The average molecular weight is 1560 g/mol. The minimum Gasteiger partial charge on any atom is -0.480 e. The van der Waals surface area contributed by atoms with Crippen LogP contribution in [0.3, 0.4) is 0 Å². The van der Waals surface area contributed by atoms with Gasteiger partial charge in [0.05, 0.1) is 39.1 Å². The van der Waals surface area contributed by atoms with Crippen LogP contribution in [0.15, 0.2) is 43.0 Å². The molecule has 37 nitrogen and oxygen atoms in total. The lowest BCUT2D eigenvalue weighted by Gasteiger charge is -2.32. The van der Waals surface area contributed by atoms with Crippen molar-refractivity contribution in [3.8, 4) is 0 Å². The summed E-state index contributed by atoms with van der Waals surface area (Å²) in [5.74, 6) is -11.9. The second-order valence-electron chi connectivity index (χ2n) is 28.8. The topological polar surface area (TPSA) is 547 Å². The highest BCUT2D eigenvalue weighted by molar-refractivity contribution is 7.98. The Labute approximate surface area is 643 Å². The minimum atomic E-state index is -1.40. The van der Waals surface area contributed by atoms with Crippen LogP contribution in [0.25, 0.3) is 10.9 Å². The fraction of sp³-hybridized carbons (Fsp3) is 0.639. The molecule has 2 aliphatic rings. The Balaban J connectivity index is 1.13. The average Bonchev–Trinajstić information content (AvgIpc) is 1.66. The number of aliphatic carboxylic acids is 3. The molecule has 19 N–H and O–H groups in total. The number of fused-ring (bicyclic) bond motifs is 1. The number of primary amides is 2. The molecule has 1 saturated carbocycles. The van der Waals surface area contributed by atoms with Gasteiger partial charge in [-0.15, -0.1) is 0 Å². The number of nitrogens with one attached hydrogen (secondary N) is 12. The number of carbonyl (C=O) groups is 15. The number of para-hydroxylation sites is 1. The molecule has 3 aromatic rings. The lowest BCUT2D eigenvalue weighted by molar-refractivity contribution is -0.140. The van der Waals surface area contributed by atoms with Crippen molar-refractivity contribution in [2.24, 2.45) is 35.1 Å². The molecule has 610 valence electrons. The maximum atomic E-state index is 14.5. The fourth-order valence-corrected chi connectivity index (χ4v) is 13.3. The van der Waals surface area contributed by atoms with E-state index < -0.39 is 138 Å². The van der Waals surface area contributed by atoms with Crippen molar-refractivity contribution in [1.29, 1.82) is 0 Å². The first-order valence-electron chi connectivity index (χ1n) is 37.3. The van der Waals surface area contributed by atoms with Crippen molar-refractivity contribution < 1.29 is 87.2 Å². The van der Waals surface area contributed by atoms with Gasteiger partial charge in [0, 0.05) is 126 Å². The van der Waals surface area contributed by atoms with Crippen LogP contribution in [0.2, 0.25) is 0 Å². The van der Waals surface area contributed by atoms with Gasteiger partial charge < -0.3 is 89.9 Å². The fourth-order valence-electron chi connectivity index (χ4n) is 12.8. The monoisotopic (exact) mass is 1560 g/mol. The van der Waals surface area contributed by atoms with E-state index >= 15 is 0 Å². The van der Waals surface area contributed by atoms with Crippen molar-refractivity contribution in [3.63, 3.8) is 0 Å². The van der Waals surface area contributed by atoms with Crippen LogP contribution in [0, 0.1) is 23.7 Å². The number of nitrogens with two attached hydrogens (primary N) is 2. The van der Waals surface area contributed by atoms with Crippen molar-refractivity contribution in [1.82, 2.24) is 87.7 Å². The highest BCUT2D eigenvalue weighted by Crippen LogP contribution is 2.29. The summed E-state index contributed by atoms with van der Waals surface area (Å²) in [6.45, 7) is 9.34. The summed E-state index contributed by atoms with van der Waals surface area (Å²) >= 11 is 1.46. The van der Waals surface area contributed by atoms with E-state index in [0.29, 0.717) is 62.1 Å². The van der Waals surface area contributed by atoms with E-state index in [1.165, 1.54) is 31.2 Å². The van der Waals surface area contributed by atoms with Crippen LogP contribution in [0.4, 0.5) is 0 Å². The van der Waals surface area contributed by atoms with Gasteiger partial charge in [0.25, 0.3) is 0 Å². The van der Waals surface area contributed by atoms with Crippen LogP contribution in [0.1, 0.15) is 117 Å². The predicted molar refractivity (Wildman–Crippen MR) is 405 cm³/mol. The SMILES string of the molecule is CSCC[C@H](NC(=O)[C@H](CC(C)C)NC(=O)[C@H](Cc1cnc[nH]1)NC(=O)CNC(=O)[C@@H](NC(=O)[C@H](C)NC(=O)[C@H](Cc1c[nH]c2ccccc12)NC(=O)[C@H](CCC(N)=O)NC(=O)C1CCC(CNC(=O)CCCCNC(=O)CN2CCN(CC(=O)O)CCN(CC(=O)O)CCN(CC(=O)O)CC2)CC1)C(C)C)C(N)=O. The zero-order valence-electron chi connectivity index (χ0n) is 63.7. The van der Waals surface area contributed by atoms with Crippen LogP contribution in [-0.4, -0.2) is 291 Å². The number of imidazole rings is 1. The molecule has 0 unspecified atom stereocenters. The number of carboxylic acids is 3. The van der Waals surface area contributed by atoms with Gasteiger partial charge in [-0.25, -0.2) is 4.98 Å². The number of rotatable bonds is 45. The predicted octanol–water partition coefficient (Wildman–Crippen LogP) is -2.90. The molecule has 12 amide bonds. The zero-order valence-corrected chi connectivity index (χ0v) is 64.5. The lowest BCUT2D eigenvalue weighted by Crippen LogP contribution is -2.59. The van der Waals surface area contributed by atoms with E-state index in [1.807, 2.05) is 37.1 Å². The summed E-state index contributed by atoms with van der Waals surface area (Å²) in [4.78, 5) is 214. The number of thioether (sulfide) groups is 1. The van der Waals surface area contributed by atoms with Crippen molar-refractivity contribution in [2.75, 3.05) is 110 Å². The van der Waals surface area contributed by atoms with Crippen molar-refractivity contribution in [3.05, 3.63) is 54.2 Å². The van der Waals surface area contributed by atoms with Gasteiger partial charge in [-0.3, -0.25) is 91.5 Å². The number of H-pyrrole nitrogens is 2. The number of hydrogen-bond acceptors (Lipinski definition) is 21. The Morgan fingerprint density at radius 2 is 1.11 bits per heavy atom. The Kier molecular flexibility index (Phi) is 39.1. The molecule has 1 aliphatic carbocycles. The van der Waals surface area contributed by atoms with E-state index in [-0.39, 0.29) is 154 Å². The molecule has 2 fully saturated rings. The van der Waals surface area contributed by atoms with Crippen LogP contribution >= 0.6 is 11.8 Å². The molecule has 5 rings (SSSR count). The second kappa shape index (κ2) is 47.3. The van der Waals surface area contributed by atoms with Crippen LogP contribution in [-0.2, 0) is 84.8 Å². The summed E-state index contributed by atoms with van der Waals surface area (Å²) in [5.41, 5.74) is 12.9. The highest BCUT2D eigenvalue weighted by Gasteiger charge is 2.36. The molecule has 3 heterocycles. The molecular weight excluding hydrogens is 1450 g/mol. The van der Waals surface area contributed by atoms with Gasteiger partial charge in [-0.2, -0.15) is 11.8 Å². The van der Waals surface area contributed by atoms with Crippen LogP contribution < -0.4 is 64.6 Å². The third-order valence-electron chi connectivity index (χ3n) is 19.0. The largest absolute Gasteiger partial charge is 0.480 e. The zero-order chi connectivity index (χ0) is 81.0. The molecule has 1 saturated heterocycles. The Morgan fingerprint density at radius 3 is 1.66 bits per heavy atom. The third kappa shape index (κ3) is 33.6. The number of aromatic nitrogens is 3. The summed E-state index contributed by atoms with van der Waals surface area (Å²) in [6.07, 6.45) is 8.99. The van der Waals surface area contributed by atoms with Gasteiger partial charge in [-0.05, 0) is 106 Å². The molecule has 38 heteroatoms. The first-order chi connectivity index (χ1) is 52.3. The maximum Gasteiger partial charge on any atom is 0.317 e. The standard InChI is InChI=1S/C72H113N19O18S/c1-43(2)31-54(70(107)83-52(65(74)102)20-30-110-6)85-71(108)56(33-49-36-75-42-80-49)82-59(94)37-79-72(109)64(44(3)4)87-66(103)45(5)81-69(106)55(32-48-35-77-51-12-8-7-11-50(48)51)86-68(105)53(18-19-57(73)92)84-67(104)47-16-14-46(15-17-47)34-78-58(93)13-9-10-21-76-60(95)38-88-22-24-89(39-61(96)97)26-28-91(41-63(100)101)29-27-90(25-23-88)40-62(98)99/h7-8,11-12,35-36,42-47,52-56,64,77H,9-10,13-34,37-41H2,1-6H3,(H2,73,92)(H2,74,102)(H,75,80)(H,76,95)(H,78,93)(H,79,109)(H,81,106)(H,82,94)(H,83,107)(H,84,104)(H,85,108)(H,86,105)(H,87,103)(H,96,97)(H,98,99)(H,100,101)/t45-,46?,47?,52-,53-,54-,55-,56-,64-/m0/s1. The van der Waals surface area contributed by atoms with Crippen molar-refractivity contribution in [2.45, 2.75) is 160 Å². The maximum absolute atomic E-state index is 14.5. The van der Waals surface area contributed by atoms with Gasteiger partial charge >= 0.3 is 17.9 Å². The quantitative estimate of drug-likeness (QED) is 0.0252. The van der Waals surface area contributed by atoms with Gasteiger partial charge in [-0.1, -0.05) is 45.9 Å². The number of amides is 12. The molecular formula is C72H113N19O18S. The molecule has 1 aliphatic heterocycles. The normalized spacial score (nSPS) is 17.5. The molecule has 2 aromatic heterocycles. The smallest absolute Gasteiger partial charge is 0.317 e. The number of nitrogens with zero attached hydrogens (tertiary/aromatic N) is 5. The molecule has 0 bridgehead atoms. The Bertz CT molecular complexity index is 3540. The second-order valence-corrected chi connectivity index (χ2v) is 29.8. The number of benzene rings is 1. The summed E-state index contributed by atoms with van der Waals surface area (Å²) < 4.78 is 0. The summed E-state index contributed by atoms with van der Waals surface area (Å²) in [7, 11) is 0. The minimum absolute atomic E-state index is 0.0297. The Morgan fingerprint density at radius 1 is 0.555 bits per heavy atom. The number of carbonyl (C=O) groups excluding carboxylic acids is 12. The molecule has 7 atom stereocenters. The van der Waals surface area contributed by atoms with E-state index in [0.717, 1.165) is 10.9 Å². The highest BCUT2D eigenvalue weighted by atomic mass is 32.2. The van der Waals surface area contributed by atoms with Crippen molar-refractivity contribution >= 4 is 111 Å². The lowest BCUT2D eigenvalue weighted by atomic mass is 9.81. The molecule has 110 heavy (non-hydrogen) atoms. The van der Waals surface area contributed by atoms with E-state index in [2.05, 4.69) is 68.1 Å². The van der Waals surface area contributed by atoms with E-state index in [4.69, 9.17) is 11.5 Å². The van der Waals surface area contributed by atoms with E-state index in [9.17, 15) is 87.2 Å². The molecule has 0 spiro atoms. The summed E-state index contributed by atoms with van der Waals surface area (Å²) in [6, 6.07) is -1.59. The number of unbranched alkanes of at least 4 members (excludes halogenated alkanes) is 1. The van der Waals surface area contributed by atoms with Gasteiger partial charge in [0.15, 0.2) is 0 Å². The first-order valence-corrected chi connectivity index (χ1v) is 38.7. The summed E-state index contributed by atoms with van der Waals surface area (Å²) in [5, 5.41) is 56.3. The Hall–Kier alpha value is -9.79. The first kappa shape index (κ1) is 90.8. The number of aromatic amines is 2. The van der Waals surface area contributed by atoms with E-state index in [1.54, 1.807) is 46.9 Å². The number of hydrogen-bond donors (Lipinski definition) is 17. The number of carboxylic acid groups (broad SMARTS) is 3. The van der Waals surface area contributed by atoms with Crippen LogP contribution in [0.5, 0.6) is 0 Å².